The van der Waals surface area contributed by atoms with Crippen molar-refractivity contribution in [2.24, 2.45) is 0 Å². The molecule has 6 nitrogen and oxygen atoms in total. The van der Waals surface area contributed by atoms with Gasteiger partial charge in [-0.3, -0.25) is 0 Å². The normalized spacial score (nSPS) is 12.5. The smallest absolute Gasteiger partial charge is 0.132 e. The fraction of sp³-hybridized carbons (Fsp3) is 0.533. The standard InChI is InChI=1S/C30H42N6S2/c1-3-5-7-9-11-17-23-37-29(35-27-21-15-13-19-25(27)31-33-35)30(38-24-18-12-10-8-6-4-2)36-28-22-16-14-20-26(28)32-34-36/h13-16,19-22H,3-12,17-18,23-24H2,1-2H3. The van der Waals surface area contributed by atoms with E-state index < -0.39 is 0 Å². The first kappa shape index (κ1) is 28.7. The lowest BCUT2D eigenvalue weighted by atomic mass is 10.1. The molecule has 0 saturated carbocycles. The van der Waals surface area contributed by atoms with Gasteiger partial charge in [-0.15, -0.1) is 33.7 Å². The second-order valence-electron chi connectivity index (χ2n) is 9.82. The van der Waals surface area contributed by atoms with Crippen LogP contribution >= 0.6 is 23.5 Å². The Morgan fingerprint density at radius 2 is 0.947 bits per heavy atom. The number of thioether (sulfide) groups is 2. The Kier molecular flexibility index (Phi) is 12.0. The summed E-state index contributed by atoms with van der Waals surface area (Å²) in [7, 11) is 0. The maximum absolute atomic E-state index is 4.64. The van der Waals surface area contributed by atoms with E-state index in [2.05, 4.69) is 58.7 Å². The van der Waals surface area contributed by atoms with Crippen LogP contribution < -0.4 is 0 Å². The van der Waals surface area contributed by atoms with Gasteiger partial charge in [-0.2, -0.15) is 0 Å². The SMILES string of the molecule is CCCCCCCCSC(=C(SCCCCCCCC)n1nnc2ccccc21)n1nnc2ccccc21. The monoisotopic (exact) mass is 550 g/mol. The molecule has 0 saturated heterocycles. The van der Waals surface area contributed by atoms with Crippen LogP contribution in [0.1, 0.15) is 90.9 Å². The summed E-state index contributed by atoms with van der Waals surface area (Å²) in [6, 6.07) is 16.4. The number of unbranched alkanes of at least 4 members (excludes halogenated alkanes) is 10. The maximum atomic E-state index is 4.64. The van der Waals surface area contributed by atoms with Crippen molar-refractivity contribution in [2.45, 2.75) is 90.9 Å². The first-order valence-corrected chi connectivity index (χ1v) is 16.4. The summed E-state index contributed by atoms with van der Waals surface area (Å²) in [6.45, 7) is 4.54. The topological polar surface area (TPSA) is 61.4 Å². The van der Waals surface area contributed by atoms with E-state index in [4.69, 9.17) is 0 Å². The predicted octanol–water partition coefficient (Wildman–Crippen LogP) is 9.10. The van der Waals surface area contributed by atoms with Crippen molar-refractivity contribution in [1.82, 2.24) is 30.0 Å². The highest BCUT2D eigenvalue weighted by molar-refractivity contribution is 8.13. The molecule has 204 valence electrons. The molecule has 4 rings (SSSR count). The second-order valence-corrected chi connectivity index (χ2v) is 12.0. The van der Waals surface area contributed by atoms with E-state index in [1.165, 1.54) is 77.0 Å². The average molecular weight is 551 g/mol. The van der Waals surface area contributed by atoms with E-state index >= 15 is 0 Å². The first-order valence-electron chi connectivity index (χ1n) is 14.4. The number of benzene rings is 2. The molecule has 2 heterocycles. The third-order valence-electron chi connectivity index (χ3n) is 6.74. The number of aromatic nitrogens is 6. The maximum Gasteiger partial charge on any atom is 0.132 e. The van der Waals surface area contributed by atoms with Gasteiger partial charge in [0.15, 0.2) is 0 Å². The summed E-state index contributed by atoms with van der Waals surface area (Å²) in [5, 5.41) is 20.5. The molecule has 0 spiro atoms. The number of fused-ring (bicyclic) bond motifs is 2. The van der Waals surface area contributed by atoms with Crippen molar-refractivity contribution >= 4 is 55.6 Å². The van der Waals surface area contributed by atoms with Crippen LogP contribution in [0.2, 0.25) is 0 Å². The second kappa shape index (κ2) is 15.9. The van der Waals surface area contributed by atoms with Crippen LogP contribution in [0.15, 0.2) is 48.5 Å². The van der Waals surface area contributed by atoms with Crippen molar-refractivity contribution in [3.63, 3.8) is 0 Å². The van der Waals surface area contributed by atoms with Crippen molar-refractivity contribution in [3.05, 3.63) is 48.5 Å². The van der Waals surface area contributed by atoms with Crippen molar-refractivity contribution in [1.29, 1.82) is 0 Å². The van der Waals surface area contributed by atoms with Gasteiger partial charge in [0.25, 0.3) is 0 Å². The molecule has 4 aromatic rings. The molecule has 0 aliphatic rings. The molecular formula is C30H42N6S2. The zero-order valence-corrected chi connectivity index (χ0v) is 24.7. The molecule has 0 bridgehead atoms. The van der Waals surface area contributed by atoms with E-state index in [9.17, 15) is 0 Å². The van der Waals surface area contributed by atoms with Gasteiger partial charge in [0.1, 0.15) is 21.1 Å². The van der Waals surface area contributed by atoms with Crippen LogP contribution in [0.5, 0.6) is 0 Å². The summed E-state index contributed by atoms with van der Waals surface area (Å²) in [4.78, 5) is 0. The lowest BCUT2D eigenvalue weighted by molar-refractivity contribution is 0.627. The Morgan fingerprint density at radius 1 is 0.553 bits per heavy atom. The van der Waals surface area contributed by atoms with Gasteiger partial charge in [-0.05, 0) is 48.6 Å². The van der Waals surface area contributed by atoms with Gasteiger partial charge in [-0.25, -0.2) is 9.36 Å². The number of nitrogens with zero attached hydrogens (tertiary/aromatic N) is 6. The van der Waals surface area contributed by atoms with Crippen molar-refractivity contribution < 1.29 is 0 Å². The molecular weight excluding hydrogens is 509 g/mol. The zero-order valence-electron chi connectivity index (χ0n) is 23.0. The molecule has 8 heteroatoms. The van der Waals surface area contributed by atoms with E-state index in [1.54, 1.807) is 0 Å². The molecule has 2 aromatic heterocycles. The highest BCUT2D eigenvalue weighted by Crippen LogP contribution is 2.38. The summed E-state index contributed by atoms with van der Waals surface area (Å²) in [6.07, 6.45) is 15.5. The lowest BCUT2D eigenvalue weighted by Gasteiger charge is -2.16. The third-order valence-corrected chi connectivity index (χ3v) is 9.14. The number of hydrogen-bond donors (Lipinski definition) is 0. The number of para-hydroxylation sites is 2. The molecule has 38 heavy (non-hydrogen) atoms. The Morgan fingerprint density at radius 3 is 1.39 bits per heavy atom. The highest BCUT2D eigenvalue weighted by atomic mass is 32.2. The summed E-state index contributed by atoms with van der Waals surface area (Å²) >= 11 is 3.76. The van der Waals surface area contributed by atoms with Gasteiger partial charge >= 0.3 is 0 Å². The molecule has 0 fully saturated rings. The van der Waals surface area contributed by atoms with Crippen LogP contribution in [0.3, 0.4) is 0 Å². The highest BCUT2D eigenvalue weighted by Gasteiger charge is 2.20. The molecule has 0 aliphatic heterocycles. The van der Waals surface area contributed by atoms with Gasteiger partial charge in [0.2, 0.25) is 0 Å². The third kappa shape index (κ3) is 7.85. The summed E-state index contributed by atoms with van der Waals surface area (Å²) in [5.41, 5.74) is 3.88. The quantitative estimate of drug-likeness (QED) is 0.115. The van der Waals surface area contributed by atoms with Crippen LogP contribution in [-0.4, -0.2) is 41.5 Å². The Bertz CT molecular complexity index is 1180. The summed E-state index contributed by atoms with van der Waals surface area (Å²) in [5.74, 6) is 2.09. The molecule has 0 unspecified atom stereocenters. The van der Waals surface area contributed by atoms with Gasteiger partial charge in [0, 0.05) is 0 Å². The Labute approximate surface area is 236 Å². The molecule has 0 atom stereocenters. The van der Waals surface area contributed by atoms with Crippen LogP contribution in [0, 0.1) is 0 Å². The van der Waals surface area contributed by atoms with Crippen molar-refractivity contribution in [3.8, 4) is 0 Å². The first-order chi connectivity index (χ1) is 18.8. The number of hydrogen-bond acceptors (Lipinski definition) is 6. The Hall–Kier alpha value is -2.32. The molecule has 0 radical (unpaired) electrons. The molecule has 2 aromatic carbocycles. The van der Waals surface area contributed by atoms with Crippen molar-refractivity contribution in [2.75, 3.05) is 11.5 Å². The van der Waals surface area contributed by atoms with Gasteiger partial charge in [0.05, 0.1) is 11.0 Å². The average Bonchev–Trinajstić information content (AvgIpc) is 3.57. The largest absolute Gasteiger partial charge is 0.204 e. The fourth-order valence-electron chi connectivity index (χ4n) is 4.57. The van der Waals surface area contributed by atoms with E-state index in [0.717, 1.165) is 43.6 Å². The van der Waals surface area contributed by atoms with Gasteiger partial charge in [-0.1, -0.05) is 113 Å². The minimum atomic E-state index is 0.911. The minimum absolute atomic E-state index is 0.911. The van der Waals surface area contributed by atoms with Gasteiger partial charge < -0.3 is 0 Å². The number of rotatable bonds is 18. The molecule has 0 aliphatic carbocycles. The minimum Gasteiger partial charge on any atom is -0.204 e. The predicted molar refractivity (Wildman–Crippen MR) is 166 cm³/mol. The van der Waals surface area contributed by atoms with Crippen LogP contribution in [-0.2, 0) is 0 Å². The van der Waals surface area contributed by atoms with E-state index in [-0.39, 0.29) is 0 Å². The summed E-state index contributed by atoms with van der Waals surface area (Å²) < 4.78 is 4.05. The van der Waals surface area contributed by atoms with Crippen LogP contribution in [0.4, 0.5) is 0 Å². The van der Waals surface area contributed by atoms with Crippen LogP contribution in [0.25, 0.3) is 32.1 Å². The van der Waals surface area contributed by atoms with E-state index in [0.29, 0.717) is 0 Å². The van der Waals surface area contributed by atoms with E-state index in [1.807, 2.05) is 57.2 Å². The Balaban J connectivity index is 1.63. The zero-order chi connectivity index (χ0) is 26.4. The molecule has 0 amide bonds. The fourth-order valence-corrected chi connectivity index (χ4v) is 6.94. The molecule has 0 N–H and O–H groups in total. The lowest BCUT2D eigenvalue weighted by Crippen LogP contribution is -2.07.